The van der Waals surface area contributed by atoms with Crippen molar-refractivity contribution in [2.24, 2.45) is 0 Å². The number of amides is 5. The Kier molecular flexibility index (Phi) is 13.3. The summed E-state index contributed by atoms with van der Waals surface area (Å²) in [5, 5.41) is 12.6. The molecule has 57 heavy (non-hydrogen) atoms. The van der Waals surface area contributed by atoms with Crippen LogP contribution in [-0.2, 0) is 36.9 Å². The summed E-state index contributed by atoms with van der Waals surface area (Å²) in [7, 11) is -1.44. The highest BCUT2D eigenvalue weighted by atomic mass is 28.3. The molecule has 5 N–H and O–H groups in total. The molecule has 1 aromatic heterocycles. The Balaban J connectivity index is 1.14. The van der Waals surface area contributed by atoms with Crippen molar-refractivity contribution < 1.29 is 33.4 Å². The topological polar surface area (TPSA) is 171 Å². The lowest BCUT2D eigenvalue weighted by molar-refractivity contribution is -0.145. The molecule has 14 heteroatoms. The van der Waals surface area contributed by atoms with Crippen LogP contribution in [0.3, 0.4) is 0 Å². The van der Waals surface area contributed by atoms with Gasteiger partial charge in [-0.25, -0.2) is 9.59 Å². The predicted octanol–water partition coefficient (Wildman–Crippen LogP) is 6.72. The molecule has 0 unspecified atom stereocenters. The number of carbonyl (C=O) groups is 5. The highest BCUT2D eigenvalue weighted by Gasteiger charge is 2.51. The summed E-state index contributed by atoms with van der Waals surface area (Å²) in [4.78, 5) is 72.2. The number of H-pyrrole nitrogens is 1. The van der Waals surface area contributed by atoms with E-state index in [2.05, 4.69) is 45.9 Å². The maximum atomic E-state index is 14.4. The Labute approximate surface area is 334 Å². The molecule has 0 radical (unpaired) electrons. The van der Waals surface area contributed by atoms with Gasteiger partial charge in [0, 0.05) is 55.8 Å². The zero-order valence-electron chi connectivity index (χ0n) is 33.2. The number of aromatic amines is 1. The average molecular weight is 795 g/mol. The van der Waals surface area contributed by atoms with Crippen molar-refractivity contribution in [1.29, 1.82) is 0 Å². The minimum atomic E-state index is -1.44. The second-order valence-corrected chi connectivity index (χ2v) is 21.8. The normalized spacial score (nSPS) is 17.9. The van der Waals surface area contributed by atoms with Crippen LogP contribution in [0.15, 0.2) is 78.9 Å². The number of nitrogens with zero attached hydrogens (tertiary/aromatic N) is 1. The van der Waals surface area contributed by atoms with Crippen molar-refractivity contribution in [3.05, 3.63) is 101 Å². The molecular formula is C43H54N6O7Si. The van der Waals surface area contributed by atoms with E-state index < -0.39 is 44.3 Å². The minimum absolute atomic E-state index is 0.0293. The van der Waals surface area contributed by atoms with Crippen LogP contribution in [0.25, 0.3) is 10.9 Å². The number of benzene rings is 3. The van der Waals surface area contributed by atoms with Crippen LogP contribution in [-0.4, -0.2) is 79.1 Å². The summed E-state index contributed by atoms with van der Waals surface area (Å²) in [6.45, 7) is 9.34. The standard InChI is InChI=1S/C43H54N6O7Si/c1-28-14-8-10-19-33(28)47-42(53)44-21-13-12-17-30(24-38(50)55-22-23-57(2,3)4)45-40(51)37-25-32-31-18-9-11-20-34(31)46-39(32)36-26-35(41(52)49(36)37)48-43(54)56-27-29-15-6-5-7-16-29/h5-11,14-16,18-20,30,35-37,46H,12-13,17,21-27H2,1-4H3,(H,45,51)(H,48,54)(H2,44,47,53)/t30-,35-,36+,37-/m0/s1. The third kappa shape index (κ3) is 10.8. The zero-order chi connectivity index (χ0) is 40.5. The molecule has 4 aromatic rings. The van der Waals surface area contributed by atoms with Gasteiger partial charge in [-0.05, 0) is 61.1 Å². The van der Waals surface area contributed by atoms with Crippen molar-refractivity contribution in [3.8, 4) is 0 Å². The SMILES string of the molecule is Cc1ccccc1NC(=O)NCCCC[C@@H](CC(=O)OCC[Si](C)(C)C)NC(=O)[C@@H]1Cc2c([nH]c3ccccc23)[C@H]2C[C@H](NC(=O)OCc3ccccc3)C(=O)N21. The summed E-state index contributed by atoms with van der Waals surface area (Å²) < 4.78 is 11.1. The van der Waals surface area contributed by atoms with Crippen LogP contribution in [0.1, 0.15) is 60.5 Å². The summed E-state index contributed by atoms with van der Waals surface area (Å²) in [5.74, 6) is -1.16. The Morgan fingerprint density at radius 3 is 2.44 bits per heavy atom. The fourth-order valence-corrected chi connectivity index (χ4v) is 8.23. The lowest BCUT2D eigenvalue weighted by Crippen LogP contribution is -2.55. The number of urea groups is 1. The molecule has 2 aliphatic rings. The number of hydrogen-bond acceptors (Lipinski definition) is 7. The van der Waals surface area contributed by atoms with Gasteiger partial charge in [0.1, 0.15) is 18.7 Å². The second kappa shape index (κ2) is 18.5. The van der Waals surface area contributed by atoms with Gasteiger partial charge < -0.3 is 40.6 Å². The lowest BCUT2D eigenvalue weighted by Gasteiger charge is -2.37. The van der Waals surface area contributed by atoms with Crippen LogP contribution in [0.4, 0.5) is 15.3 Å². The number of rotatable bonds is 16. The van der Waals surface area contributed by atoms with E-state index in [1.54, 1.807) is 4.90 Å². The third-order valence-corrected chi connectivity index (χ3v) is 12.3. The first-order chi connectivity index (χ1) is 27.4. The molecule has 13 nitrogen and oxygen atoms in total. The number of anilines is 1. The largest absolute Gasteiger partial charge is 0.466 e. The van der Waals surface area contributed by atoms with E-state index in [0.717, 1.165) is 45.0 Å². The monoisotopic (exact) mass is 794 g/mol. The quantitative estimate of drug-likeness (QED) is 0.0476. The fourth-order valence-electron chi connectivity index (χ4n) is 7.51. The molecule has 2 aliphatic heterocycles. The van der Waals surface area contributed by atoms with Crippen LogP contribution >= 0.6 is 0 Å². The Morgan fingerprint density at radius 2 is 1.67 bits per heavy atom. The van der Waals surface area contributed by atoms with E-state index in [4.69, 9.17) is 9.47 Å². The smallest absolute Gasteiger partial charge is 0.408 e. The predicted molar refractivity (Wildman–Crippen MR) is 221 cm³/mol. The van der Waals surface area contributed by atoms with Crippen molar-refractivity contribution in [3.63, 3.8) is 0 Å². The Bertz CT molecular complexity index is 2070. The number of hydrogen-bond donors (Lipinski definition) is 5. The number of alkyl carbamates (subject to hydrolysis) is 1. The number of aromatic nitrogens is 1. The summed E-state index contributed by atoms with van der Waals surface area (Å²) in [6.07, 6.45) is 1.43. The molecule has 0 aliphatic carbocycles. The Morgan fingerprint density at radius 1 is 0.930 bits per heavy atom. The molecule has 1 saturated heterocycles. The number of fused-ring (bicyclic) bond motifs is 5. The van der Waals surface area contributed by atoms with E-state index in [9.17, 15) is 24.0 Å². The maximum absolute atomic E-state index is 14.4. The van der Waals surface area contributed by atoms with E-state index in [0.29, 0.717) is 32.4 Å². The van der Waals surface area contributed by atoms with Gasteiger partial charge in [0.05, 0.1) is 19.1 Å². The van der Waals surface area contributed by atoms with E-state index in [-0.39, 0.29) is 43.7 Å². The first-order valence-corrected chi connectivity index (χ1v) is 23.5. The van der Waals surface area contributed by atoms with E-state index in [1.165, 1.54) is 0 Å². The Hall–Kier alpha value is -5.63. The van der Waals surface area contributed by atoms with Crippen LogP contribution in [0.5, 0.6) is 0 Å². The fraction of sp³-hybridized carbons (Fsp3) is 0.419. The van der Waals surface area contributed by atoms with E-state index >= 15 is 0 Å². The van der Waals surface area contributed by atoms with Crippen LogP contribution in [0, 0.1) is 6.92 Å². The molecule has 0 bridgehead atoms. The number of para-hydroxylation sites is 2. The highest BCUT2D eigenvalue weighted by molar-refractivity contribution is 6.76. The first kappa shape index (κ1) is 41.0. The average Bonchev–Trinajstić information content (AvgIpc) is 3.71. The number of nitrogens with one attached hydrogen (secondary N) is 5. The van der Waals surface area contributed by atoms with Crippen molar-refractivity contribution >= 4 is 54.6 Å². The van der Waals surface area contributed by atoms with E-state index in [1.807, 2.05) is 85.8 Å². The molecule has 3 aromatic carbocycles. The lowest BCUT2D eigenvalue weighted by atomic mass is 9.91. The summed E-state index contributed by atoms with van der Waals surface area (Å²) in [5.41, 5.74) is 5.20. The molecule has 0 saturated carbocycles. The second-order valence-electron chi connectivity index (χ2n) is 16.2. The van der Waals surface area contributed by atoms with Crippen LogP contribution in [0.2, 0.25) is 25.7 Å². The van der Waals surface area contributed by atoms with Crippen molar-refractivity contribution in [2.45, 2.75) is 102 Å². The molecule has 4 atom stereocenters. The van der Waals surface area contributed by atoms with Gasteiger partial charge in [0.25, 0.3) is 0 Å². The molecule has 1 fully saturated rings. The number of ether oxygens (including phenoxy) is 2. The summed E-state index contributed by atoms with van der Waals surface area (Å²) >= 11 is 0. The number of carbonyl (C=O) groups excluding carboxylic acids is 5. The van der Waals surface area contributed by atoms with Crippen molar-refractivity contribution in [1.82, 2.24) is 25.8 Å². The van der Waals surface area contributed by atoms with Crippen LogP contribution < -0.4 is 21.3 Å². The zero-order valence-corrected chi connectivity index (χ0v) is 34.2. The van der Waals surface area contributed by atoms with Crippen molar-refractivity contribution in [2.75, 3.05) is 18.5 Å². The first-order valence-electron chi connectivity index (χ1n) is 19.8. The number of aryl methyl sites for hydroxylation is 1. The van der Waals surface area contributed by atoms with Gasteiger partial charge in [-0.2, -0.15) is 0 Å². The van der Waals surface area contributed by atoms with Gasteiger partial charge in [0.15, 0.2) is 0 Å². The van der Waals surface area contributed by atoms with Gasteiger partial charge in [0.2, 0.25) is 11.8 Å². The molecular weight excluding hydrogens is 741 g/mol. The molecule has 6 rings (SSSR count). The molecule has 302 valence electrons. The van der Waals surface area contributed by atoms with Gasteiger partial charge in [-0.15, -0.1) is 0 Å². The molecule has 5 amide bonds. The minimum Gasteiger partial charge on any atom is -0.466 e. The highest BCUT2D eigenvalue weighted by Crippen LogP contribution is 2.43. The summed E-state index contributed by atoms with van der Waals surface area (Å²) in [6, 6.07) is 22.3. The maximum Gasteiger partial charge on any atom is 0.408 e. The number of esters is 1. The van der Waals surface area contributed by atoms with Gasteiger partial charge in [-0.1, -0.05) is 86.4 Å². The van der Waals surface area contributed by atoms with Gasteiger partial charge in [-0.3, -0.25) is 14.4 Å². The third-order valence-electron chi connectivity index (χ3n) is 10.6. The van der Waals surface area contributed by atoms with Gasteiger partial charge >= 0.3 is 18.1 Å². The molecule has 3 heterocycles. The number of unbranched alkanes of at least 4 members (excludes halogenated alkanes) is 1. The molecule has 0 spiro atoms.